The van der Waals surface area contributed by atoms with Crippen LogP contribution in [0.15, 0.2) is 23.2 Å². The molecule has 3 N–H and O–H groups in total. The van der Waals surface area contributed by atoms with Gasteiger partial charge >= 0.3 is 0 Å². The molecule has 1 fully saturated rings. The van der Waals surface area contributed by atoms with E-state index in [1.54, 1.807) is 0 Å². The van der Waals surface area contributed by atoms with Gasteiger partial charge in [-0.05, 0) is 30.9 Å². The number of halogens is 3. The number of hydrogen-bond acceptors (Lipinski definition) is 1. The number of nitrogens with two attached hydrogens (primary N) is 1. The zero-order valence-electron chi connectivity index (χ0n) is 10.7. The molecule has 0 bridgehead atoms. The van der Waals surface area contributed by atoms with Gasteiger partial charge in [-0.3, -0.25) is 0 Å². The van der Waals surface area contributed by atoms with Crippen molar-refractivity contribution in [3.63, 3.8) is 0 Å². The molecule has 1 aliphatic carbocycles. The van der Waals surface area contributed by atoms with Crippen molar-refractivity contribution < 1.29 is 8.78 Å². The lowest BCUT2D eigenvalue weighted by Gasteiger charge is -2.06. The minimum atomic E-state index is -0.546. The van der Waals surface area contributed by atoms with Gasteiger partial charge in [0.05, 0.1) is 11.7 Å². The molecule has 0 spiro atoms. The van der Waals surface area contributed by atoms with Crippen LogP contribution in [0.3, 0.4) is 0 Å². The van der Waals surface area contributed by atoms with Crippen LogP contribution in [0, 0.1) is 17.6 Å². The molecule has 2 atom stereocenters. The second-order valence-electron chi connectivity index (χ2n) is 4.62. The van der Waals surface area contributed by atoms with Crippen molar-refractivity contribution >= 4 is 35.6 Å². The lowest BCUT2D eigenvalue weighted by molar-refractivity contribution is 0.604. The van der Waals surface area contributed by atoms with E-state index in [4.69, 9.17) is 5.73 Å². The van der Waals surface area contributed by atoms with Crippen LogP contribution in [-0.4, -0.2) is 12.0 Å². The summed E-state index contributed by atoms with van der Waals surface area (Å²) < 4.78 is 26.3. The molecule has 0 aliphatic heterocycles. The Balaban J connectivity index is 0.00000180. The van der Waals surface area contributed by atoms with Crippen LogP contribution in [0.4, 0.5) is 14.5 Å². The van der Waals surface area contributed by atoms with Crippen molar-refractivity contribution in [2.75, 3.05) is 5.32 Å². The van der Waals surface area contributed by atoms with Gasteiger partial charge in [-0.25, -0.2) is 13.8 Å². The first kappa shape index (κ1) is 16.1. The van der Waals surface area contributed by atoms with E-state index >= 15 is 0 Å². The highest BCUT2D eigenvalue weighted by molar-refractivity contribution is 14.0. The van der Waals surface area contributed by atoms with Crippen LogP contribution in [0.1, 0.15) is 26.2 Å². The molecule has 1 aromatic carbocycles. The van der Waals surface area contributed by atoms with E-state index in [0.717, 1.165) is 37.5 Å². The SMILES string of the molecule is CCC[C@@H]1C[C@H]1N=C(N)Nc1cc(F)ccc1F.I. The normalized spacial score (nSPS) is 21.7. The van der Waals surface area contributed by atoms with E-state index in [9.17, 15) is 8.78 Å². The Morgan fingerprint density at radius 3 is 2.89 bits per heavy atom. The molecular formula is C13H18F2IN3. The summed E-state index contributed by atoms with van der Waals surface area (Å²) in [6, 6.07) is 3.41. The quantitative estimate of drug-likeness (QED) is 0.477. The summed E-state index contributed by atoms with van der Waals surface area (Å²) in [5.41, 5.74) is 5.69. The number of guanidine groups is 1. The summed E-state index contributed by atoms with van der Waals surface area (Å²) in [6.45, 7) is 2.13. The monoisotopic (exact) mass is 381 g/mol. The van der Waals surface area contributed by atoms with E-state index in [1.807, 2.05) is 0 Å². The van der Waals surface area contributed by atoms with Crippen molar-refractivity contribution in [1.82, 2.24) is 0 Å². The largest absolute Gasteiger partial charge is 0.370 e. The fourth-order valence-corrected chi connectivity index (χ4v) is 2.01. The van der Waals surface area contributed by atoms with Crippen LogP contribution < -0.4 is 11.1 Å². The average molecular weight is 381 g/mol. The fourth-order valence-electron chi connectivity index (χ4n) is 2.01. The molecule has 3 nitrogen and oxygen atoms in total. The molecule has 19 heavy (non-hydrogen) atoms. The molecule has 1 aliphatic rings. The molecule has 0 amide bonds. The van der Waals surface area contributed by atoms with Crippen molar-refractivity contribution in [2.45, 2.75) is 32.2 Å². The van der Waals surface area contributed by atoms with Crippen LogP contribution in [-0.2, 0) is 0 Å². The first-order valence-corrected chi connectivity index (χ1v) is 6.15. The molecule has 0 heterocycles. The van der Waals surface area contributed by atoms with Gasteiger partial charge in [-0.1, -0.05) is 13.3 Å². The van der Waals surface area contributed by atoms with Crippen molar-refractivity contribution in [3.05, 3.63) is 29.8 Å². The number of nitrogens with one attached hydrogen (secondary N) is 1. The highest BCUT2D eigenvalue weighted by Gasteiger charge is 2.36. The lowest BCUT2D eigenvalue weighted by Crippen LogP contribution is -2.24. The third-order valence-electron chi connectivity index (χ3n) is 3.04. The van der Waals surface area contributed by atoms with Crippen molar-refractivity contribution in [1.29, 1.82) is 0 Å². The number of anilines is 1. The summed E-state index contributed by atoms with van der Waals surface area (Å²) in [5, 5.41) is 2.60. The molecule has 0 radical (unpaired) electrons. The zero-order chi connectivity index (χ0) is 13.1. The second-order valence-corrected chi connectivity index (χ2v) is 4.62. The molecule has 0 saturated heterocycles. The van der Waals surface area contributed by atoms with E-state index in [0.29, 0.717) is 5.92 Å². The Labute approximate surface area is 128 Å². The molecule has 106 valence electrons. The Morgan fingerprint density at radius 2 is 2.21 bits per heavy atom. The molecule has 1 saturated carbocycles. The van der Waals surface area contributed by atoms with Gasteiger partial charge in [0.2, 0.25) is 0 Å². The van der Waals surface area contributed by atoms with Gasteiger partial charge < -0.3 is 11.1 Å². The fraction of sp³-hybridized carbons (Fsp3) is 0.462. The third kappa shape index (κ3) is 4.59. The molecule has 0 unspecified atom stereocenters. The maximum Gasteiger partial charge on any atom is 0.193 e. The van der Waals surface area contributed by atoms with Gasteiger partial charge in [0, 0.05) is 6.07 Å². The van der Waals surface area contributed by atoms with Gasteiger partial charge in [0.1, 0.15) is 11.6 Å². The summed E-state index contributed by atoms with van der Waals surface area (Å²) in [6.07, 6.45) is 3.29. The lowest BCUT2D eigenvalue weighted by atomic mass is 10.2. The molecule has 2 rings (SSSR count). The Morgan fingerprint density at radius 1 is 1.47 bits per heavy atom. The number of rotatable bonds is 4. The van der Waals surface area contributed by atoms with E-state index in [1.165, 1.54) is 0 Å². The van der Waals surface area contributed by atoms with Crippen LogP contribution in [0.5, 0.6) is 0 Å². The molecule has 6 heteroatoms. The van der Waals surface area contributed by atoms with Gasteiger partial charge in [-0.15, -0.1) is 24.0 Å². The molecule has 1 aromatic rings. The van der Waals surface area contributed by atoms with E-state index in [2.05, 4.69) is 17.2 Å². The van der Waals surface area contributed by atoms with Gasteiger partial charge in [0.25, 0.3) is 0 Å². The predicted molar refractivity (Wildman–Crippen MR) is 83.8 cm³/mol. The number of hydrogen-bond donors (Lipinski definition) is 2. The summed E-state index contributed by atoms with van der Waals surface area (Å²) in [7, 11) is 0. The third-order valence-corrected chi connectivity index (χ3v) is 3.04. The van der Waals surface area contributed by atoms with Crippen molar-refractivity contribution in [2.24, 2.45) is 16.6 Å². The minimum Gasteiger partial charge on any atom is -0.370 e. The summed E-state index contributed by atoms with van der Waals surface area (Å²) in [5.74, 6) is -0.326. The Bertz CT molecular complexity index is 465. The average Bonchev–Trinajstić information content (AvgIpc) is 3.02. The number of aliphatic imine (C=N–C) groups is 1. The number of nitrogens with zero attached hydrogens (tertiary/aromatic N) is 1. The van der Waals surface area contributed by atoms with Crippen LogP contribution in [0.25, 0.3) is 0 Å². The Hall–Kier alpha value is -0.920. The first-order valence-electron chi connectivity index (χ1n) is 6.15. The first-order chi connectivity index (χ1) is 8.60. The highest BCUT2D eigenvalue weighted by atomic mass is 127. The Kier molecular flexibility index (Phi) is 5.96. The zero-order valence-corrected chi connectivity index (χ0v) is 13.0. The topological polar surface area (TPSA) is 50.4 Å². The predicted octanol–water partition coefficient (Wildman–Crippen LogP) is 3.50. The maximum atomic E-state index is 13.3. The standard InChI is InChI=1S/C13H17F2N3.HI/c1-2-3-8-6-11(8)17-13(16)18-12-7-9(14)4-5-10(12)15;/h4-5,7-8,11H,2-3,6H2,1H3,(H3,16,17,18);1H/t8-,11-;/m1./s1. The van der Waals surface area contributed by atoms with Crippen molar-refractivity contribution in [3.8, 4) is 0 Å². The van der Waals surface area contributed by atoms with Crippen LogP contribution >= 0.6 is 24.0 Å². The van der Waals surface area contributed by atoms with Crippen LogP contribution in [0.2, 0.25) is 0 Å². The molecule has 0 aromatic heterocycles. The molecular weight excluding hydrogens is 363 g/mol. The smallest absolute Gasteiger partial charge is 0.193 e. The minimum absolute atomic E-state index is 0. The summed E-state index contributed by atoms with van der Waals surface area (Å²) >= 11 is 0. The van der Waals surface area contributed by atoms with E-state index < -0.39 is 11.6 Å². The highest BCUT2D eigenvalue weighted by Crippen LogP contribution is 2.37. The maximum absolute atomic E-state index is 13.3. The number of benzene rings is 1. The van der Waals surface area contributed by atoms with Gasteiger partial charge in [0.15, 0.2) is 5.96 Å². The second kappa shape index (κ2) is 7.02. The van der Waals surface area contributed by atoms with E-state index in [-0.39, 0.29) is 41.7 Å². The van der Waals surface area contributed by atoms with Gasteiger partial charge in [-0.2, -0.15) is 0 Å². The summed E-state index contributed by atoms with van der Waals surface area (Å²) in [4.78, 5) is 4.25.